The molecule has 1 saturated carbocycles. The van der Waals surface area contributed by atoms with Crippen molar-refractivity contribution in [1.29, 1.82) is 0 Å². The van der Waals surface area contributed by atoms with E-state index in [4.69, 9.17) is 4.74 Å². The van der Waals surface area contributed by atoms with Gasteiger partial charge in [-0.3, -0.25) is 4.79 Å². The molecule has 1 aliphatic rings. The maximum absolute atomic E-state index is 12.9. The number of Topliss-reactive ketones (excluding diaryl/α,β-unsaturated/α-hetero) is 1. The Morgan fingerprint density at radius 2 is 2.06 bits per heavy atom. The molecule has 0 amide bonds. The van der Waals surface area contributed by atoms with E-state index in [1.165, 1.54) is 24.6 Å². The van der Waals surface area contributed by atoms with Crippen LogP contribution in [0, 0.1) is 11.7 Å². The van der Waals surface area contributed by atoms with Gasteiger partial charge in [-0.25, -0.2) is 4.39 Å². The van der Waals surface area contributed by atoms with Gasteiger partial charge in [0.2, 0.25) is 0 Å². The van der Waals surface area contributed by atoms with Crippen molar-refractivity contribution in [3.8, 4) is 5.75 Å². The van der Waals surface area contributed by atoms with Gasteiger partial charge in [-0.05, 0) is 47.0 Å². The van der Waals surface area contributed by atoms with E-state index in [0.717, 1.165) is 25.7 Å². The van der Waals surface area contributed by atoms with E-state index >= 15 is 0 Å². The summed E-state index contributed by atoms with van der Waals surface area (Å²) in [6, 6.07) is 4.19. The van der Waals surface area contributed by atoms with Gasteiger partial charge in [0.1, 0.15) is 18.2 Å². The molecule has 1 fully saturated rings. The summed E-state index contributed by atoms with van der Waals surface area (Å²) >= 11 is 3.22. The highest BCUT2D eigenvalue weighted by Crippen LogP contribution is 2.27. The van der Waals surface area contributed by atoms with E-state index in [0.29, 0.717) is 10.2 Å². The summed E-state index contributed by atoms with van der Waals surface area (Å²) < 4.78 is 18.9. The molecule has 0 aliphatic heterocycles. The molecule has 0 unspecified atom stereocenters. The summed E-state index contributed by atoms with van der Waals surface area (Å²) in [7, 11) is 0. The first-order valence-electron chi connectivity index (χ1n) is 6.27. The normalized spacial score (nSPS) is 16.6. The minimum atomic E-state index is -0.326. The van der Waals surface area contributed by atoms with Crippen LogP contribution in [-0.2, 0) is 4.79 Å². The van der Waals surface area contributed by atoms with Crippen molar-refractivity contribution in [1.82, 2.24) is 0 Å². The highest BCUT2D eigenvalue weighted by Gasteiger charge is 2.21. The number of halogens is 2. The molecule has 1 aliphatic carbocycles. The van der Waals surface area contributed by atoms with E-state index in [9.17, 15) is 9.18 Å². The number of rotatable bonds is 4. The van der Waals surface area contributed by atoms with Gasteiger partial charge < -0.3 is 4.74 Å². The number of hydrogen-bond donors (Lipinski definition) is 0. The standard InChI is InChI=1S/C14H16BrFO2/c15-12-8-11(16)6-7-14(12)18-9-13(17)10-4-2-1-3-5-10/h6-8,10H,1-5,9H2. The van der Waals surface area contributed by atoms with Crippen LogP contribution in [0.25, 0.3) is 0 Å². The SMILES string of the molecule is O=C(COc1ccc(F)cc1Br)C1CCCCC1. The average Bonchev–Trinajstić information content (AvgIpc) is 2.38. The molecule has 2 rings (SSSR count). The number of hydrogen-bond acceptors (Lipinski definition) is 2. The molecule has 18 heavy (non-hydrogen) atoms. The summed E-state index contributed by atoms with van der Waals surface area (Å²) in [6.07, 6.45) is 5.46. The fourth-order valence-corrected chi connectivity index (χ4v) is 2.75. The molecule has 0 radical (unpaired) electrons. The summed E-state index contributed by atoms with van der Waals surface area (Å²) in [5.74, 6) is 0.497. The first-order valence-corrected chi connectivity index (χ1v) is 7.06. The van der Waals surface area contributed by atoms with Crippen LogP contribution in [0.1, 0.15) is 32.1 Å². The van der Waals surface area contributed by atoms with Gasteiger partial charge in [-0.2, -0.15) is 0 Å². The van der Waals surface area contributed by atoms with Gasteiger partial charge >= 0.3 is 0 Å². The number of carbonyl (C=O) groups is 1. The third kappa shape index (κ3) is 3.55. The van der Waals surface area contributed by atoms with Crippen molar-refractivity contribution >= 4 is 21.7 Å². The highest BCUT2D eigenvalue weighted by atomic mass is 79.9. The minimum Gasteiger partial charge on any atom is -0.485 e. The van der Waals surface area contributed by atoms with Crippen LogP contribution in [0.4, 0.5) is 4.39 Å². The lowest BCUT2D eigenvalue weighted by Gasteiger charge is -2.20. The zero-order chi connectivity index (χ0) is 13.0. The van der Waals surface area contributed by atoms with E-state index in [1.807, 2.05) is 0 Å². The molecule has 0 atom stereocenters. The quantitative estimate of drug-likeness (QED) is 0.835. The molecule has 0 heterocycles. The van der Waals surface area contributed by atoms with Crippen molar-refractivity contribution in [2.75, 3.05) is 6.61 Å². The lowest BCUT2D eigenvalue weighted by molar-refractivity contribution is -0.125. The minimum absolute atomic E-state index is 0.0783. The second-order valence-electron chi connectivity index (χ2n) is 4.66. The lowest BCUT2D eigenvalue weighted by atomic mass is 9.86. The Kier molecular flexibility index (Phi) is 4.75. The number of benzene rings is 1. The first kappa shape index (κ1) is 13.5. The Hall–Kier alpha value is -0.900. The predicted molar refractivity (Wildman–Crippen MR) is 71.2 cm³/mol. The van der Waals surface area contributed by atoms with Crippen LogP contribution >= 0.6 is 15.9 Å². The van der Waals surface area contributed by atoms with Crippen molar-refractivity contribution in [2.45, 2.75) is 32.1 Å². The van der Waals surface area contributed by atoms with Crippen molar-refractivity contribution < 1.29 is 13.9 Å². The van der Waals surface area contributed by atoms with Gasteiger partial charge in [0, 0.05) is 5.92 Å². The van der Waals surface area contributed by atoms with Gasteiger partial charge in [0.15, 0.2) is 5.78 Å². The maximum atomic E-state index is 12.9. The Morgan fingerprint density at radius 1 is 1.33 bits per heavy atom. The molecule has 0 N–H and O–H groups in total. The van der Waals surface area contributed by atoms with Crippen LogP contribution in [0.3, 0.4) is 0 Å². The van der Waals surface area contributed by atoms with Gasteiger partial charge in [0.05, 0.1) is 4.47 Å². The van der Waals surface area contributed by atoms with E-state index in [-0.39, 0.29) is 24.1 Å². The molecule has 0 bridgehead atoms. The van der Waals surface area contributed by atoms with E-state index in [1.54, 1.807) is 0 Å². The maximum Gasteiger partial charge on any atom is 0.173 e. The van der Waals surface area contributed by atoms with Crippen molar-refractivity contribution in [2.24, 2.45) is 5.92 Å². The van der Waals surface area contributed by atoms with Crippen LogP contribution < -0.4 is 4.74 Å². The fourth-order valence-electron chi connectivity index (χ4n) is 2.28. The monoisotopic (exact) mass is 314 g/mol. The molecule has 0 spiro atoms. The molecular weight excluding hydrogens is 299 g/mol. The van der Waals surface area contributed by atoms with Crippen molar-refractivity contribution in [3.05, 3.63) is 28.5 Å². The van der Waals surface area contributed by atoms with Gasteiger partial charge in [-0.15, -0.1) is 0 Å². The molecular formula is C14H16BrFO2. The molecule has 0 saturated heterocycles. The van der Waals surface area contributed by atoms with Crippen molar-refractivity contribution in [3.63, 3.8) is 0 Å². The average molecular weight is 315 g/mol. The molecule has 4 heteroatoms. The molecule has 98 valence electrons. The third-order valence-electron chi connectivity index (χ3n) is 3.32. The second-order valence-corrected chi connectivity index (χ2v) is 5.52. The Morgan fingerprint density at radius 3 is 2.72 bits per heavy atom. The topological polar surface area (TPSA) is 26.3 Å². The first-order chi connectivity index (χ1) is 8.66. The van der Waals surface area contributed by atoms with Crippen LogP contribution in [0.15, 0.2) is 22.7 Å². The van der Waals surface area contributed by atoms with Crippen LogP contribution in [0.2, 0.25) is 0 Å². The Labute approximate surface area is 115 Å². The summed E-state index contributed by atoms with van der Waals surface area (Å²) in [6.45, 7) is 0.0783. The third-order valence-corrected chi connectivity index (χ3v) is 3.94. The smallest absolute Gasteiger partial charge is 0.173 e. The largest absolute Gasteiger partial charge is 0.485 e. The zero-order valence-electron chi connectivity index (χ0n) is 10.1. The fraction of sp³-hybridized carbons (Fsp3) is 0.500. The lowest BCUT2D eigenvalue weighted by Crippen LogP contribution is -2.23. The van der Waals surface area contributed by atoms with Gasteiger partial charge in [0.25, 0.3) is 0 Å². The van der Waals surface area contributed by atoms with Crippen LogP contribution in [-0.4, -0.2) is 12.4 Å². The number of ketones is 1. The molecule has 2 nitrogen and oxygen atoms in total. The number of ether oxygens (including phenoxy) is 1. The predicted octanol–water partition coefficient (Wildman–Crippen LogP) is 4.12. The van der Waals surface area contributed by atoms with E-state index < -0.39 is 0 Å². The zero-order valence-corrected chi connectivity index (χ0v) is 11.7. The molecule has 1 aromatic rings. The Balaban J connectivity index is 1.88. The molecule has 0 aromatic heterocycles. The van der Waals surface area contributed by atoms with Gasteiger partial charge in [-0.1, -0.05) is 19.3 Å². The summed E-state index contributed by atoms with van der Waals surface area (Å²) in [5, 5.41) is 0. The summed E-state index contributed by atoms with van der Waals surface area (Å²) in [4.78, 5) is 11.9. The Bertz CT molecular complexity index is 428. The second kappa shape index (κ2) is 6.32. The highest BCUT2D eigenvalue weighted by molar-refractivity contribution is 9.10. The summed E-state index contributed by atoms with van der Waals surface area (Å²) in [5.41, 5.74) is 0. The van der Waals surface area contributed by atoms with Crippen LogP contribution in [0.5, 0.6) is 5.75 Å². The molecule has 1 aromatic carbocycles. The number of carbonyl (C=O) groups excluding carboxylic acids is 1. The van der Waals surface area contributed by atoms with E-state index in [2.05, 4.69) is 15.9 Å².